The van der Waals surface area contributed by atoms with Crippen LogP contribution in [0.3, 0.4) is 0 Å². The number of rotatable bonds is 66. The van der Waals surface area contributed by atoms with Crippen LogP contribution in [0, 0.1) is 0 Å². The molecule has 478 valence electrons. The minimum Gasteiger partial charge on any atom is -0.756 e. The largest absolute Gasteiger partial charge is 0.756 e. The van der Waals surface area contributed by atoms with Gasteiger partial charge >= 0.3 is 0 Å². The van der Waals surface area contributed by atoms with Gasteiger partial charge in [-0.05, 0) is 51.4 Å². The fraction of sp³-hybridized carbons (Fsp3) is 0.875. The van der Waals surface area contributed by atoms with Gasteiger partial charge in [-0.25, -0.2) is 0 Å². The average molecular weight is 1160 g/mol. The first-order chi connectivity index (χ1) is 39.5. The van der Waals surface area contributed by atoms with Crippen molar-refractivity contribution in [2.24, 2.45) is 0 Å². The molecule has 0 radical (unpaired) electrons. The molecule has 0 aromatic rings. The van der Waals surface area contributed by atoms with Gasteiger partial charge in [-0.2, -0.15) is 0 Å². The van der Waals surface area contributed by atoms with Crippen molar-refractivity contribution in [2.75, 3.05) is 40.9 Å². The second-order valence-corrected chi connectivity index (χ2v) is 27.0. The topological polar surface area (TPSA) is 108 Å². The number of quaternary nitrogens is 1. The van der Waals surface area contributed by atoms with E-state index in [2.05, 4.69) is 67.8 Å². The summed E-state index contributed by atoms with van der Waals surface area (Å²) in [6.07, 6.45) is 84.8. The molecule has 0 bridgehead atoms. The Bertz CT molecular complexity index is 1460. The van der Waals surface area contributed by atoms with Crippen molar-refractivity contribution in [1.29, 1.82) is 0 Å². The standard InChI is InChI=1S/C72H139N2O6P/c1-6-8-10-12-14-16-18-20-22-24-26-28-30-32-34-35-36-37-38-39-40-42-44-46-48-50-52-54-56-58-60-62-64-66-72(76)73-70(69-80-81(77,78)79-68-67-74(3,4)5)71(75)65-63-61-59-57-55-53-51-49-47-45-43-41-33-31-29-27-25-23-21-19-17-15-13-11-9-7-2/h8,10,14,16,20,22,26,28,70-71,75H,6-7,9,11-13,15,17-19,21,23-25,27,29-69H2,1-5H3,(H-,73,76,77,78)/b10-8-,16-14-,22-20-,28-26-. The number of hydrogen-bond acceptors (Lipinski definition) is 6. The lowest BCUT2D eigenvalue weighted by atomic mass is 10.0. The zero-order valence-electron chi connectivity index (χ0n) is 54.8. The Labute approximate surface area is 505 Å². The van der Waals surface area contributed by atoms with E-state index in [-0.39, 0.29) is 19.1 Å². The van der Waals surface area contributed by atoms with Crippen molar-refractivity contribution in [3.05, 3.63) is 48.6 Å². The van der Waals surface area contributed by atoms with Gasteiger partial charge in [0.25, 0.3) is 7.82 Å². The number of nitrogens with one attached hydrogen (secondary N) is 1. The number of allylic oxidation sites excluding steroid dienone is 8. The molecule has 3 unspecified atom stereocenters. The van der Waals surface area contributed by atoms with Crippen LogP contribution in [-0.2, 0) is 18.4 Å². The summed E-state index contributed by atoms with van der Waals surface area (Å²) in [7, 11) is 1.32. The molecule has 0 aliphatic heterocycles. The summed E-state index contributed by atoms with van der Waals surface area (Å²) in [5.41, 5.74) is 0. The smallest absolute Gasteiger partial charge is 0.268 e. The normalized spacial score (nSPS) is 13.9. The Morgan fingerprint density at radius 2 is 0.753 bits per heavy atom. The van der Waals surface area contributed by atoms with Gasteiger partial charge in [0, 0.05) is 6.42 Å². The Hall–Kier alpha value is -1.54. The molecule has 8 nitrogen and oxygen atoms in total. The summed E-state index contributed by atoms with van der Waals surface area (Å²) >= 11 is 0. The predicted octanol–water partition coefficient (Wildman–Crippen LogP) is 22.0. The number of phosphoric acid groups is 1. The zero-order valence-corrected chi connectivity index (χ0v) is 55.6. The van der Waals surface area contributed by atoms with Crippen molar-refractivity contribution < 1.29 is 32.9 Å². The van der Waals surface area contributed by atoms with Gasteiger partial charge in [0.1, 0.15) is 13.2 Å². The van der Waals surface area contributed by atoms with Crippen LogP contribution in [-0.4, -0.2) is 68.5 Å². The van der Waals surface area contributed by atoms with Gasteiger partial charge in [0.2, 0.25) is 5.91 Å². The first-order valence-electron chi connectivity index (χ1n) is 35.5. The fourth-order valence-corrected chi connectivity index (χ4v) is 11.6. The van der Waals surface area contributed by atoms with E-state index in [9.17, 15) is 19.4 Å². The molecule has 1 amide bonds. The van der Waals surface area contributed by atoms with Crippen LogP contribution in [0.15, 0.2) is 48.6 Å². The van der Waals surface area contributed by atoms with Crippen LogP contribution < -0.4 is 10.2 Å². The number of nitrogens with zero attached hydrogens (tertiary/aromatic N) is 1. The highest BCUT2D eigenvalue weighted by Crippen LogP contribution is 2.38. The van der Waals surface area contributed by atoms with Crippen molar-refractivity contribution in [2.45, 2.75) is 366 Å². The molecule has 0 aromatic carbocycles. The van der Waals surface area contributed by atoms with E-state index in [1.54, 1.807) is 0 Å². The molecule has 0 aromatic heterocycles. The number of aliphatic hydroxyl groups excluding tert-OH is 1. The SMILES string of the molecule is CC/C=C\C/C=C\C/C=C\C/C=C\CCCCCCCCCCCCCCCCCCCCCCC(=O)NC(COP(=O)([O-])OCC[N+](C)(C)C)C(O)CCCCCCCCCCCCCCCCCCCCCCCCCCCC. The Morgan fingerprint density at radius 3 is 1.10 bits per heavy atom. The molecule has 0 heterocycles. The number of carbonyl (C=O) groups excluding carboxylic acids is 1. The number of hydrogen-bond donors (Lipinski definition) is 2. The monoisotopic (exact) mass is 1160 g/mol. The Morgan fingerprint density at radius 1 is 0.444 bits per heavy atom. The van der Waals surface area contributed by atoms with Crippen molar-refractivity contribution >= 4 is 13.7 Å². The summed E-state index contributed by atoms with van der Waals surface area (Å²) in [6, 6.07) is -0.801. The van der Waals surface area contributed by atoms with E-state index >= 15 is 0 Å². The minimum absolute atomic E-state index is 0.0139. The lowest BCUT2D eigenvalue weighted by Gasteiger charge is -2.30. The maximum atomic E-state index is 13.1. The molecule has 0 aliphatic rings. The number of phosphoric ester groups is 1. The lowest BCUT2D eigenvalue weighted by molar-refractivity contribution is -0.870. The molecule has 81 heavy (non-hydrogen) atoms. The molecule has 0 fully saturated rings. The maximum Gasteiger partial charge on any atom is 0.268 e. The third-order valence-electron chi connectivity index (χ3n) is 16.3. The highest BCUT2D eigenvalue weighted by atomic mass is 31.2. The van der Waals surface area contributed by atoms with E-state index in [1.807, 2.05) is 21.1 Å². The molecule has 3 atom stereocenters. The van der Waals surface area contributed by atoms with Crippen LogP contribution >= 0.6 is 7.82 Å². The third kappa shape index (κ3) is 65.9. The highest BCUT2D eigenvalue weighted by Gasteiger charge is 2.24. The molecule has 2 N–H and O–H groups in total. The van der Waals surface area contributed by atoms with Crippen LogP contribution in [0.5, 0.6) is 0 Å². The first kappa shape index (κ1) is 79.5. The summed E-state index contributed by atoms with van der Waals surface area (Å²) < 4.78 is 23.5. The van der Waals surface area contributed by atoms with Crippen molar-refractivity contribution in [3.8, 4) is 0 Å². The van der Waals surface area contributed by atoms with Gasteiger partial charge in [0.15, 0.2) is 0 Å². The molecule has 0 spiro atoms. The summed E-state index contributed by atoms with van der Waals surface area (Å²) in [5.74, 6) is -0.158. The molecule has 0 saturated heterocycles. The van der Waals surface area contributed by atoms with E-state index in [0.717, 1.165) is 64.2 Å². The van der Waals surface area contributed by atoms with E-state index in [4.69, 9.17) is 9.05 Å². The van der Waals surface area contributed by atoms with Crippen LogP contribution in [0.4, 0.5) is 0 Å². The Balaban J connectivity index is 3.99. The molecule has 0 rings (SSSR count). The molecule has 0 aliphatic carbocycles. The molecule has 9 heteroatoms. The third-order valence-corrected chi connectivity index (χ3v) is 17.3. The van der Waals surface area contributed by atoms with E-state index in [1.165, 1.54) is 263 Å². The molecule has 0 saturated carbocycles. The van der Waals surface area contributed by atoms with Crippen molar-refractivity contribution in [3.63, 3.8) is 0 Å². The number of unbranched alkanes of at least 4 members (excludes halogenated alkanes) is 45. The molecular formula is C72H139N2O6P. The first-order valence-corrected chi connectivity index (χ1v) is 36.9. The second kappa shape index (κ2) is 63.0. The number of likely N-dealkylation sites (N-methyl/N-ethyl adjacent to an activating group) is 1. The summed E-state index contributed by atoms with van der Waals surface area (Å²) in [5, 5.41) is 14.1. The second-order valence-electron chi connectivity index (χ2n) is 25.6. The van der Waals surface area contributed by atoms with Crippen LogP contribution in [0.2, 0.25) is 0 Å². The van der Waals surface area contributed by atoms with Crippen molar-refractivity contribution in [1.82, 2.24) is 5.32 Å². The summed E-state index contributed by atoms with van der Waals surface area (Å²) in [6.45, 7) is 4.67. The van der Waals surface area contributed by atoms with Gasteiger partial charge in [-0.3, -0.25) is 9.36 Å². The summed E-state index contributed by atoms with van der Waals surface area (Å²) in [4.78, 5) is 25.7. The highest BCUT2D eigenvalue weighted by molar-refractivity contribution is 7.45. The average Bonchev–Trinajstić information content (AvgIpc) is 3.43. The van der Waals surface area contributed by atoms with Gasteiger partial charge < -0.3 is 28.8 Å². The lowest BCUT2D eigenvalue weighted by Crippen LogP contribution is -2.46. The number of amides is 1. The number of carbonyl (C=O) groups is 1. The fourth-order valence-electron chi connectivity index (χ4n) is 10.9. The van der Waals surface area contributed by atoms with E-state index < -0.39 is 20.0 Å². The zero-order chi connectivity index (χ0) is 59.1. The van der Waals surface area contributed by atoms with Crippen LogP contribution in [0.25, 0.3) is 0 Å². The minimum atomic E-state index is -4.58. The van der Waals surface area contributed by atoms with Gasteiger partial charge in [-0.15, -0.1) is 0 Å². The maximum absolute atomic E-state index is 13.1. The van der Waals surface area contributed by atoms with E-state index in [0.29, 0.717) is 23.9 Å². The Kier molecular flexibility index (Phi) is 61.8. The van der Waals surface area contributed by atoms with Crippen LogP contribution in [0.1, 0.15) is 354 Å². The quantitative estimate of drug-likeness (QED) is 0.0272. The number of aliphatic hydroxyl groups is 1. The van der Waals surface area contributed by atoms with Gasteiger partial charge in [-0.1, -0.05) is 345 Å². The molecular weight excluding hydrogens is 1020 g/mol. The van der Waals surface area contributed by atoms with Gasteiger partial charge in [0.05, 0.1) is 39.9 Å². The predicted molar refractivity (Wildman–Crippen MR) is 353 cm³/mol.